The summed E-state index contributed by atoms with van der Waals surface area (Å²) in [6, 6.07) is 9.73. The maximum absolute atomic E-state index is 12.9. The summed E-state index contributed by atoms with van der Waals surface area (Å²) in [5.74, 6) is 0.301. The first kappa shape index (κ1) is 17.3. The molecule has 1 amide bonds. The molecule has 0 spiro atoms. The van der Waals surface area contributed by atoms with E-state index < -0.39 is 0 Å². The maximum atomic E-state index is 12.9. The molecule has 0 bridgehead atoms. The van der Waals surface area contributed by atoms with Crippen LogP contribution >= 0.6 is 11.6 Å². The summed E-state index contributed by atoms with van der Waals surface area (Å²) < 4.78 is 0. The first-order valence-corrected chi connectivity index (χ1v) is 9.77. The number of hydrogen-bond acceptors (Lipinski definition) is 2. The molecule has 5 heteroatoms. The number of aromatic amines is 1. The van der Waals surface area contributed by atoms with Crippen molar-refractivity contribution < 1.29 is 4.79 Å². The third-order valence-corrected chi connectivity index (χ3v) is 5.83. The van der Waals surface area contributed by atoms with E-state index in [1.54, 1.807) is 0 Å². The molecule has 136 valence electrons. The minimum atomic E-state index is -0.239. The fourth-order valence-electron chi connectivity index (χ4n) is 4.14. The smallest absolute Gasteiger partial charge is 0.261 e. The summed E-state index contributed by atoms with van der Waals surface area (Å²) in [4.78, 5) is 30.0. The van der Waals surface area contributed by atoms with Crippen LogP contribution < -0.4 is 5.56 Å². The number of aromatic nitrogens is 1. The molecule has 2 aliphatic rings. The molecule has 1 aliphatic carbocycles. The summed E-state index contributed by atoms with van der Waals surface area (Å²) >= 11 is 5.94. The number of aryl methyl sites for hydroxylation is 2. The summed E-state index contributed by atoms with van der Waals surface area (Å²) in [6.07, 6.45) is 5.99. The van der Waals surface area contributed by atoms with Crippen molar-refractivity contribution in [1.29, 1.82) is 0 Å². The van der Waals surface area contributed by atoms with Crippen LogP contribution in [0.5, 0.6) is 0 Å². The van der Waals surface area contributed by atoms with Crippen molar-refractivity contribution in [2.45, 2.75) is 38.5 Å². The molecule has 1 unspecified atom stereocenters. The van der Waals surface area contributed by atoms with Crippen LogP contribution in [-0.4, -0.2) is 28.9 Å². The zero-order chi connectivity index (χ0) is 18.1. The summed E-state index contributed by atoms with van der Waals surface area (Å²) in [5.41, 5.74) is 3.45. The van der Waals surface area contributed by atoms with Gasteiger partial charge in [0, 0.05) is 23.8 Å². The van der Waals surface area contributed by atoms with Crippen LogP contribution in [0.1, 0.15) is 46.4 Å². The second-order valence-electron chi connectivity index (χ2n) is 7.46. The number of carbonyl (C=O) groups excluding carboxylic acids is 1. The van der Waals surface area contributed by atoms with Gasteiger partial charge < -0.3 is 9.88 Å². The summed E-state index contributed by atoms with van der Waals surface area (Å²) in [7, 11) is 0. The van der Waals surface area contributed by atoms with Crippen molar-refractivity contribution in [3.63, 3.8) is 0 Å². The molecule has 1 N–H and O–H groups in total. The maximum Gasteiger partial charge on any atom is 0.261 e. The quantitative estimate of drug-likeness (QED) is 0.897. The first-order valence-electron chi connectivity index (χ1n) is 9.39. The Morgan fingerprint density at radius 2 is 1.96 bits per heavy atom. The molecule has 26 heavy (non-hydrogen) atoms. The van der Waals surface area contributed by atoms with E-state index in [0.717, 1.165) is 54.8 Å². The Kier molecular flexibility index (Phi) is 4.86. The molecule has 1 saturated heterocycles. The molecule has 2 heterocycles. The standard InChI is InChI=1S/C21H23ClN2O2/c22-17-7-5-14(6-8-17)11-15-9-10-24(13-15)21(26)18-12-16-3-1-2-4-19(16)23-20(18)25/h5-8,12,15H,1-4,9-11,13H2,(H,23,25). The third kappa shape index (κ3) is 3.56. The number of halogens is 1. The molecule has 2 aromatic rings. The van der Waals surface area contributed by atoms with Crippen LogP contribution in [0.2, 0.25) is 5.02 Å². The molecule has 1 fully saturated rings. The van der Waals surface area contributed by atoms with Crippen molar-refractivity contribution >= 4 is 17.5 Å². The van der Waals surface area contributed by atoms with Gasteiger partial charge in [-0.15, -0.1) is 0 Å². The highest BCUT2D eigenvalue weighted by Crippen LogP contribution is 2.24. The predicted octanol–water partition coefficient (Wildman–Crippen LogP) is 3.61. The van der Waals surface area contributed by atoms with Gasteiger partial charge in [-0.1, -0.05) is 23.7 Å². The molecule has 1 aromatic heterocycles. The second-order valence-corrected chi connectivity index (χ2v) is 7.90. The highest BCUT2D eigenvalue weighted by atomic mass is 35.5. The Hall–Kier alpha value is -2.07. The van der Waals surface area contributed by atoms with E-state index >= 15 is 0 Å². The number of likely N-dealkylation sites (tertiary alicyclic amines) is 1. The minimum Gasteiger partial charge on any atom is -0.338 e. The van der Waals surface area contributed by atoms with Crippen LogP contribution in [0, 0.1) is 5.92 Å². The number of rotatable bonds is 3. The van der Waals surface area contributed by atoms with Gasteiger partial charge in [-0.25, -0.2) is 0 Å². The Morgan fingerprint density at radius 3 is 2.77 bits per heavy atom. The van der Waals surface area contributed by atoms with Crippen molar-refractivity contribution in [3.05, 3.63) is 68.1 Å². The van der Waals surface area contributed by atoms with Gasteiger partial charge in [-0.05, 0) is 73.8 Å². The number of carbonyl (C=O) groups is 1. The van der Waals surface area contributed by atoms with Gasteiger partial charge in [0.15, 0.2) is 0 Å². The van der Waals surface area contributed by atoms with Gasteiger partial charge in [0.1, 0.15) is 5.56 Å². The number of benzene rings is 1. The molecule has 0 saturated carbocycles. The number of amides is 1. The number of fused-ring (bicyclic) bond motifs is 1. The van der Waals surface area contributed by atoms with E-state index in [-0.39, 0.29) is 11.5 Å². The zero-order valence-corrected chi connectivity index (χ0v) is 15.5. The number of hydrogen-bond donors (Lipinski definition) is 1. The predicted molar refractivity (Wildman–Crippen MR) is 103 cm³/mol. The average molecular weight is 371 g/mol. The molecule has 4 nitrogen and oxygen atoms in total. The molecular formula is C21H23ClN2O2. The zero-order valence-electron chi connectivity index (χ0n) is 14.8. The van der Waals surface area contributed by atoms with Crippen molar-refractivity contribution in [2.75, 3.05) is 13.1 Å². The Morgan fingerprint density at radius 1 is 1.19 bits per heavy atom. The van der Waals surface area contributed by atoms with E-state index in [1.807, 2.05) is 35.2 Å². The van der Waals surface area contributed by atoms with Crippen LogP contribution in [0.4, 0.5) is 0 Å². The Balaban J connectivity index is 1.46. The highest BCUT2D eigenvalue weighted by Gasteiger charge is 2.29. The number of nitrogens with one attached hydrogen (secondary N) is 1. The number of H-pyrrole nitrogens is 1. The first-order chi connectivity index (χ1) is 12.6. The lowest BCUT2D eigenvalue weighted by Crippen LogP contribution is -2.34. The lowest BCUT2D eigenvalue weighted by Gasteiger charge is -2.19. The normalized spacial score (nSPS) is 19.4. The largest absolute Gasteiger partial charge is 0.338 e. The number of nitrogens with zero attached hydrogens (tertiary/aromatic N) is 1. The van der Waals surface area contributed by atoms with E-state index in [4.69, 9.17) is 11.6 Å². The van der Waals surface area contributed by atoms with E-state index in [2.05, 4.69) is 4.98 Å². The second kappa shape index (κ2) is 7.28. The number of pyridine rings is 1. The third-order valence-electron chi connectivity index (χ3n) is 5.58. The monoisotopic (exact) mass is 370 g/mol. The summed E-state index contributed by atoms with van der Waals surface area (Å²) in [6.45, 7) is 1.42. The molecule has 1 aliphatic heterocycles. The van der Waals surface area contributed by atoms with Crippen LogP contribution in [0.3, 0.4) is 0 Å². The molecule has 1 aromatic carbocycles. The topological polar surface area (TPSA) is 53.2 Å². The van der Waals surface area contributed by atoms with E-state index in [9.17, 15) is 9.59 Å². The van der Waals surface area contributed by atoms with Gasteiger partial charge in [0.05, 0.1) is 0 Å². The van der Waals surface area contributed by atoms with Crippen molar-refractivity contribution in [3.8, 4) is 0 Å². The van der Waals surface area contributed by atoms with Gasteiger partial charge in [0.2, 0.25) is 0 Å². The Bertz CT molecular complexity index is 873. The lowest BCUT2D eigenvalue weighted by atomic mass is 9.95. The molecule has 0 radical (unpaired) electrons. The minimum absolute atomic E-state index is 0.127. The lowest BCUT2D eigenvalue weighted by molar-refractivity contribution is 0.0785. The molecule has 4 rings (SSSR count). The van der Waals surface area contributed by atoms with Gasteiger partial charge in [0.25, 0.3) is 11.5 Å². The van der Waals surface area contributed by atoms with E-state index in [1.165, 1.54) is 5.56 Å². The van der Waals surface area contributed by atoms with Crippen LogP contribution in [-0.2, 0) is 19.3 Å². The summed E-state index contributed by atoms with van der Waals surface area (Å²) in [5, 5.41) is 0.739. The SMILES string of the molecule is O=C(c1cc2c([nH]c1=O)CCCC2)N1CCC(Cc2ccc(Cl)cc2)C1. The Labute approximate surface area is 158 Å². The fourth-order valence-corrected chi connectivity index (χ4v) is 4.27. The van der Waals surface area contributed by atoms with Crippen LogP contribution in [0.15, 0.2) is 35.1 Å². The van der Waals surface area contributed by atoms with Crippen LogP contribution in [0.25, 0.3) is 0 Å². The van der Waals surface area contributed by atoms with Crippen molar-refractivity contribution in [2.24, 2.45) is 5.92 Å². The molecule has 1 atom stereocenters. The van der Waals surface area contributed by atoms with Gasteiger partial charge in [-0.3, -0.25) is 9.59 Å². The van der Waals surface area contributed by atoms with Crippen molar-refractivity contribution in [1.82, 2.24) is 9.88 Å². The fraction of sp³-hybridized carbons (Fsp3) is 0.429. The average Bonchev–Trinajstić information content (AvgIpc) is 3.11. The van der Waals surface area contributed by atoms with Gasteiger partial charge >= 0.3 is 0 Å². The van der Waals surface area contributed by atoms with Gasteiger partial charge in [-0.2, -0.15) is 0 Å². The molecular weight excluding hydrogens is 348 g/mol. The van der Waals surface area contributed by atoms with E-state index in [0.29, 0.717) is 24.6 Å². The highest BCUT2D eigenvalue weighted by molar-refractivity contribution is 6.30.